The summed E-state index contributed by atoms with van der Waals surface area (Å²) in [5.41, 5.74) is 0.835. The molecule has 2 amide bonds. The number of sulfonamides is 1. The second kappa shape index (κ2) is 8.94. The molecule has 0 unspecified atom stereocenters. The number of carbonyl (C=O) groups is 2. The van der Waals surface area contributed by atoms with Gasteiger partial charge in [-0.05, 0) is 30.3 Å². The van der Waals surface area contributed by atoms with Crippen LogP contribution >= 0.6 is 0 Å². The number of hydrogen-bond donors (Lipinski definition) is 2. The molecule has 4 rings (SSSR count). The van der Waals surface area contributed by atoms with Crippen LogP contribution in [0.1, 0.15) is 10.4 Å². The third-order valence-electron chi connectivity index (χ3n) is 5.42. The molecule has 0 saturated carbocycles. The maximum absolute atomic E-state index is 13.1. The minimum atomic E-state index is -3.99. The van der Waals surface area contributed by atoms with Crippen LogP contribution in [0.4, 0.5) is 10.5 Å². The van der Waals surface area contributed by atoms with Gasteiger partial charge in [0, 0.05) is 43.3 Å². The molecule has 33 heavy (non-hydrogen) atoms. The number of nitrogens with zero attached hydrogens (tertiary/aromatic N) is 3. The largest absolute Gasteiger partial charge is 0.495 e. The number of anilines is 1. The van der Waals surface area contributed by atoms with Crippen molar-refractivity contribution in [3.63, 3.8) is 0 Å². The van der Waals surface area contributed by atoms with Gasteiger partial charge < -0.3 is 19.6 Å². The fourth-order valence-electron chi connectivity index (χ4n) is 3.68. The lowest BCUT2D eigenvalue weighted by atomic mass is 10.1. The number of aromatic nitrogens is 1. The van der Waals surface area contributed by atoms with Gasteiger partial charge in [0.15, 0.2) is 0 Å². The molecule has 1 saturated heterocycles. The first kappa shape index (κ1) is 22.3. The van der Waals surface area contributed by atoms with Crippen molar-refractivity contribution in [1.29, 1.82) is 0 Å². The van der Waals surface area contributed by atoms with Crippen LogP contribution < -0.4 is 9.46 Å². The zero-order valence-electron chi connectivity index (χ0n) is 17.8. The highest BCUT2D eigenvalue weighted by atomic mass is 32.2. The number of carboxylic acid groups (broad SMARTS) is 1. The van der Waals surface area contributed by atoms with Crippen molar-refractivity contribution in [3.05, 3.63) is 60.3 Å². The summed E-state index contributed by atoms with van der Waals surface area (Å²) >= 11 is 0. The lowest BCUT2D eigenvalue weighted by molar-refractivity contribution is 0.0624. The van der Waals surface area contributed by atoms with E-state index in [4.69, 9.17) is 9.84 Å². The molecule has 172 valence electrons. The van der Waals surface area contributed by atoms with E-state index < -0.39 is 16.1 Å². The first-order valence-corrected chi connectivity index (χ1v) is 11.6. The number of pyridine rings is 1. The van der Waals surface area contributed by atoms with Gasteiger partial charge in [0.1, 0.15) is 10.6 Å². The Kier molecular flexibility index (Phi) is 6.05. The number of fused-ring (bicyclic) bond motifs is 1. The molecule has 11 heteroatoms. The first-order chi connectivity index (χ1) is 15.8. The zero-order chi connectivity index (χ0) is 23.6. The molecular weight excluding hydrogens is 448 g/mol. The van der Waals surface area contributed by atoms with E-state index in [-0.39, 0.29) is 48.4 Å². The Hall–Kier alpha value is -3.86. The van der Waals surface area contributed by atoms with Crippen LogP contribution in [0.15, 0.2) is 59.6 Å². The van der Waals surface area contributed by atoms with Crippen molar-refractivity contribution in [2.75, 3.05) is 38.0 Å². The van der Waals surface area contributed by atoms with Gasteiger partial charge in [-0.15, -0.1) is 0 Å². The zero-order valence-corrected chi connectivity index (χ0v) is 18.6. The normalized spacial score (nSPS) is 14.2. The van der Waals surface area contributed by atoms with Gasteiger partial charge in [-0.2, -0.15) is 0 Å². The van der Waals surface area contributed by atoms with E-state index in [1.807, 2.05) is 0 Å². The van der Waals surface area contributed by atoms with E-state index in [1.54, 1.807) is 29.2 Å². The molecule has 2 N–H and O–H groups in total. The third-order valence-corrected chi connectivity index (χ3v) is 6.81. The predicted octanol–water partition coefficient (Wildman–Crippen LogP) is 2.48. The van der Waals surface area contributed by atoms with Crippen molar-refractivity contribution < 1.29 is 27.9 Å². The van der Waals surface area contributed by atoms with E-state index >= 15 is 0 Å². The monoisotopic (exact) mass is 470 g/mol. The molecule has 0 spiro atoms. The SMILES string of the molecule is COc1cc(C(=O)N2CCN(C(=O)O)CC2)ccc1NS(=O)(=O)c1cccc2cccnc12. The van der Waals surface area contributed by atoms with E-state index in [9.17, 15) is 18.0 Å². The predicted molar refractivity (Wildman–Crippen MR) is 121 cm³/mol. The molecule has 1 aliphatic heterocycles. The van der Waals surface area contributed by atoms with Gasteiger partial charge in [-0.25, -0.2) is 13.2 Å². The van der Waals surface area contributed by atoms with Gasteiger partial charge in [0.05, 0.1) is 18.3 Å². The Morgan fingerprint density at radius 1 is 1.03 bits per heavy atom. The summed E-state index contributed by atoms with van der Waals surface area (Å²) in [5.74, 6) is -0.104. The van der Waals surface area contributed by atoms with Crippen molar-refractivity contribution >= 4 is 38.6 Å². The summed E-state index contributed by atoms with van der Waals surface area (Å²) in [5, 5.41) is 9.75. The maximum Gasteiger partial charge on any atom is 0.407 e. The number of para-hydroxylation sites is 1. The quantitative estimate of drug-likeness (QED) is 0.586. The number of rotatable bonds is 5. The van der Waals surface area contributed by atoms with Crippen LogP contribution in [0.5, 0.6) is 5.75 Å². The number of nitrogens with one attached hydrogen (secondary N) is 1. The van der Waals surface area contributed by atoms with Crippen LogP contribution in [-0.2, 0) is 10.0 Å². The summed E-state index contributed by atoms with van der Waals surface area (Å²) in [7, 11) is -2.61. The topological polar surface area (TPSA) is 129 Å². The summed E-state index contributed by atoms with van der Waals surface area (Å²) in [6.45, 7) is 1.01. The Morgan fingerprint density at radius 3 is 2.42 bits per heavy atom. The second-order valence-electron chi connectivity index (χ2n) is 7.41. The maximum atomic E-state index is 13.1. The molecular formula is C22H22N4O6S. The molecule has 0 bridgehead atoms. The van der Waals surface area contributed by atoms with E-state index in [1.165, 1.54) is 42.5 Å². The molecule has 10 nitrogen and oxygen atoms in total. The number of carbonyl (C=O) groups excluding carboxylic acids is 1. The van der Waals surface area contributed by atoms with Crippen molar-refractivity contribution in [3.8, 4) is 5.75 Å². The fourth-order valence-corrected chi connectivity index (χ4v) is 4.94. The molecule has 0 atom stereocenters. The summed E-state index contributed by atoms with van der Waals surface area (Å²) < 4.78 is 34.1. The van der Waals surface area contributed by atoms with Gasteiger partial charge in [0.2, 0.25) is 0 Å². The Labute approximate surface area is 190 Å². The molecule has 0 radical (unpaired) electrons. The number of hydrogen-bond acceptors (Lipinski definition) is 6. The highest BCUT2D eigenvalue weighted by Gasteiger charge is 2.26. The third kappa shape index (κ3) is 4.53. The van der Waals surface area contributed by atoms with E-state index in [0.29, 0.717) is 16.5 Å². The number of ether oxygens (including phenoxy) is 1. The van der Waals surface area contributed by atoms with Crippen LogP contribution in [-0.4, -0.2) is 73.6 Å². The van der Waals surface area contributed by atoms with Crippen LogP contribution in [0.25, 0.3) is 10.9 Å². The van der Waals surface area contributed by atoms with Crippen molar-refractivity contribution in [2.24, 2.45) is 0 Å². The molecule has 3 aromatic rings. The van der Waals surface area contributed by atoms with E-state index in [0.717, 1.165) is 0 Å². The summed E-state index contributed by atoms with van der Waals surface area (Å²) in [6, 6.07) is 12.8. The average Bonchev–Trinajstić information content (AvgIpc) is 2.83. The standard InChI is InChI=1S/C22H22N4O6S/c1-32-18-14-16(21(27)25-10-12-26(13-11-25)22(28)29)7-8-17(18)24-33(30,31)19-6-2-4-15-5-3-9-23-20(15)19/h2-9,14,24H,10-13H2,1H3,(H,28,29). The van der Waals surface area contributed by atoms with Crippen LogP contribution in [0, 0.1) is 0 Å². The lowest BCUT2D eigenvalue weighted by Crippen LogP contribution is -2.50. The minimum absolute atomic E-state index is 0.0270. The molecule has 1 aromatic heterocycles. The number of methoxy groups -OCH3 is 1. The average molecular weight is 471 g/mol. The lowest BCUT2D eigenvalue weighted by Gasteiger charge is -2.33. The van der Waals surface area contributed by atoms with Gasteiger partial charge >= 0.3 is 6.09 Å². The van der Waals surface area contributed by atoms with Gasteiger partial charge in [0.25, 0.3) is 15.9 Å². The first-order valence-electron chi connectivity index (χ1n) is 10.1. The molecule has 2 aromatic carbocycles. The second-order valence-corrected chi connectivity index (χ2v) is 9.06. The number of benzene rings is 2. The minimum Gasteiger partial charge on any atom is -0.495 e. The Balaban J connectivity index is 1.57. The smallest absolute Gasteiger partial charge is 0.407 e. The van der Waals surface area contributed by atoms with Gasteiger partial charge in [-0.3, -0.25) is 14.5 Å². The highest BCUT2D eigenvalue weighted by Crippen LogP contribution is 2.30. The summed E-state index contributed by atoms with van der Waals surface area (Å²) in [4.78, 5) is 31.0. The molecule has 1 fully saturated rings. The molecule has 2 heterocycles. The van der Waals surface area contributed by atoms with Crippen molar-refractivity contribution in [1.82, 2.24) is 14.8 Å². The Morgan fingerprint density at radius 2 is 1.73 bits per heavy atom. The molecule has 1 aliphatic rings. The summed E-state index contributed by atoms with van der Waals surface area (Å²) in [6.07, 6.45) is 0.514. The van der Waals surface area contributed by atoms with Crippen molar-refractivity contribution in [2.45, 2.75) is 4.90 Å². The fraction of sp³-hybridized carbons (Fsp3) is 0.227. The van der Waals surface area contributed by atoms with Gasteiger partial charge in [-0.1, -0.05) is 18.2 Å². The van der Waals surface area contributed by atoms with E-state index in [2.05, 4.69) is 9.71 Å². The highest BCUT2D eigenvalue weighted by molar-refractivity contribution is 7.93. The Bertz CT molecular complexity index is 1310. The van der Waals surface area contributed by atoms with Crippen LogP contribution in [0.2, 0.25) is 0 Å². The van der Waals surface area contributed by atoms with Crippen LogP contribution in [0.3, 0.4) is 0 Å². The molecule has 0 aliphatic carbocycles. The number of amides is 2. The number of piperazine rings is 1.